The monoisotopic (exact) mass is 266 g/mol. The highest BCUT2D eigenvalue weighted by molar-refractivity contribution is 5.71. The van der Waals surface area contributed by atoms with Crippen molar-refractivity contribution < 1.29 is 8.78 Å². The van der Waals surface area contributed by atoms with Gasteiger partial charge in [0, 0.05) is 18.3 Å². The van der Waals surface area contributed by atoms with E-state index >= 15 is 0 Å². The quantitative estimate of drug-likeness (QED) is 0.893. The Morgan fingerprint density at radius 3 is 2.68 bits per heavy atom. The van der Waals surface area contributed by atoms with Gasteiger partial charge in [-0.15, -0.1) is 0 Å². The van der Waals surface area contributed by atoms with E-state index in [9.17, 15) is 8.78 Å². The molecule has 102 valence electrons. The summed E-state index contributed by atoms with van der Waals surface area (Å²) in [5.41, 5.74) is 7.59. The van der Waals surface area contributed by atoms with Crippen LogP contribution in [0, 0.1) is 18.6 Å². The Kier molecular flexibility index (Phi) is 3.69. The summed E-state index contributed by atoms with van der Waals surface area (Å²) in [5.74, 6) is -1.18. The lowest BCUT2D eigenvalue weighted by Gasteiger charge is -2.10. The van der Waals surface area contributed by atoms with Crippen molar-refractivity contribution in [1.29, 1.82) is 0 Å². The number of aromatic nitrogens is 2. The van der Waals surface area contributed by atoms with Crippen LogP contribution in [0.3, 0.4) is 0 Å². The van der Waals surface area contributed by atoms with Crippen molar-refractivity contribution in [3.63, 3.8) is 0 Å². The second kappa shape index (κ2) is 5.26. The van der Waals surface area contributed by atoms with E-state index in [-0.39, 0.29) is 0 Å². The third-order valence-electron chi connectivity index (χ3n) is 2.79. The smallest absolute Gasteiger partial charge is 0.160 e. The van der Waals surface area contributed by atoms with Gasteiger partial charge in [0.05, 0.1) is 11.4 Å². The minimum atomic E-state index is -0.901. The van der Waals surface area contributed by atoms with Crippen LogP contribution in [-0.4, -0.2) is 9.78 Å². The molecule has 4 nitrogen and oxygen atoms in total. The van der Waals surface area contributed by atoms with Crippen molar-refractivity contribution in [1.82, 2.24) is 9.78 Å². The zero-order valence-corrected chi connectivity index (χ0v) is 10.9. The summed E-state index contributed by atoms with van der Waals surface area (Å²) in [6, 6.07) is 3.62. The van der Waals surface area contributed by atoms with Crippen molar-refractivity contribution in [2.75, 3.05) is 11.1 Å². The van der Waals surface area contributed by atoms with Crippen molar-refractivity contribution in [3.8, 4) is 0 Å². The van der Waals surface area contributed by atoms with Gasteiger partial charge in [-0.2, -0.15) is 5.10 Å². The fourth-order valence-corrected chi connectivity index (χ4v) is 1.81. The minimum Gasteiger partial charge on any atom is -0.394 e. The van der Waals surface area contributed by atoms with Crippen LogP contribution in [0.15, 0.2) is 18.2 Å². The Morgan fingerprint density at radius 2 is 2.05 bits per heavy atom. The summed E-state index contributed by atoms with van der Waals surface area (Å²) in [7, 11) is 0. The Morgan fingerprint density at radius 1 is 1.32 bits per heavy atom. The van der Waals surface area contributed by atoms with E-state index in [0.29, 0.717) is 29.4 Å². The first-order valence-corrected chi connectivity index (χ1v) is 6.08. The zero-order chi connectivity index (χ0) is 14.0. The number of hydrogen-bond acceptors (Lipinski definition) is 3. The van der Waals surface area contributed by atoms with Crippen molar-refractivity contribution in [3.05, 3.63) is 35.5 Å². The van der Waals surface area contributed by atoms with Crippen LogP contribution in [0.1, 0.15) is 19.0 Å². The number of benzene rings is 1. The molecule has 1 aromatic heterocycles. The van der Waals surface area contributed by atoms with Crippen LogP contribution >= 0.6 is 0 Å². The normalized spacial score (nSPS) is 10.7. The van der Waals surface area contributed by atoms with Gasteiger partial charge in [0.25, 0.3) is 0 Å². The SMILES string of the molecule is CCCn1nc(C)c(N)c1Nc1ccc(F)c(F)c1. The molecule has 2 aromatic rings. The average molecular weight is 266 g/mol. The molecule has 0 aliphatic heterocycles. The molecule has 3 N–H and O–H groups in total. The lowest BCUT2D eigenvalue weighted by Crippen LogP contribution is -2.06. The maximum absolute atomic E-state index is 13.2. The molecule has 0 atom stereocenters. The Bertz CT molecular complexity index is 593. The molecule has 1 aromatic carbocycles. The van der Waals surface area contributed by atoms with Gasteiger partial charge in [-0.3, -0.25) is 0 Å². The summed E-state index contributed by atoms with van der Waals surface area (Å²) in [6.07, 6.45) is 0.896. The van der Waals surface area contributed by atoms with Crippen LogP contribution in [-0.2, 0) is 6.54 Å². The molecule has 0 fully saturated rings. The molecule has 0 aliphatic carbocycles. The first kappa shape index (κ1) is 13.3. The lowest BCUT2D eigenvalue weighted by molar-refractivity contribution is 0.509. The summed E-state index contributed by atoms with van der Waals surface area (Å²) in [6.45, 7) is 4.52. The topological polar surface area (TPSA) is 55.9 Å². The summed E-state index contributed by atoms with van der Waals surface area (Å²) in [4.78, 5) is 0. The maximum atomic E-state index is 13.2. The molecule has 0 spiro atoms. The molecule has 0 radical (unpaired) electrons. The second-order valence-electron chi connectivity index (χ2n) is 4.32. The molecule has 6 heteroatoms. The van der Waals surface area contributed by atoms with E-state index in [1.807, 2.05) is 6.92 Å². The second-order valence-corrected chi connectivity index (χ2v) is 4.32. The minimum absolute atomic E-state index is 0.433. The number of hydrogen-bond donors (Lipinski definition) is 2. The molecule has 1 heterocycles. The number of nitrogens with two attached hydrogens (primary N) is 1. The van der Waals surface area contributed by atoms with E-state index in [2.05, 4.69) is 10.4 Å². The molecule has 0 saturated carbocycles. The maximum Gasteiger partial charge on any atom is 0.160 e. The van der Waals surface area contributed by atoms with Gasteiger partial charge in [0.1, 0.15) is 0 Å². The van der Waals surface area contributed by atoms with Crippen LogP contribution in [0.2, 0.25) is 0 Å². The highest BCUT2D eigenvalue weighted by atomic mass is 19.2. The third-order valence-corrected chi connectivity index (χ3v) is 2.79. The first-order chi connectivity index (χ1) is 9.02. The van der Waals surface area contributed by atoms with Gasteiger partial charge in [-0.25, -0.2) is 13.5 Å². The summed E-state index contributed by atoms with van der Waals surface area (Å²) >= 11 is 0. The Balaban J connectivity index is 2.34. The van der Waals surface area contributed by atoms with Gasteiger partial charge in [0.15, 0.2) is 17.5 Å². The Labute approximate surface area is 110 Å². The predicted molar refractivity (Wildman–Crippen MR) is 71.3 cm³/mol. The number of nitrogens with zero attached hydrogens (tertiary/aromatic N) is 2. The van der Waals surface area contributed by atoms with Crippen molar-refractivity contribution in [2.24, 2.45) is 0 Å². The number of halogens is 2. The van der Waals surface area contributed by atoms with E-state index in [1.54, 1.807) is 11.6 Å². The fraction of sp³-hybridized carbons (Fsp3) is 0.308. The zero-order valence-electron chi connectivity index (χ0n) is 10.9. The van der Waals surface area contributed by atoms with E-state index in [1.165, 1.54) is 6.07 Å². The Hall–Kier alpha value is -2.11. The first-order valence-electron chi connectivity index (χ1n) is 6.08. The number of anilines is 3. The van der Waals surface area contributed by atoms with Crippen LogP contribution in [0.5, 0.6) is 0 Å². The van der Waals surface area contributed by atoms with Crippen LogP contribution < -0.4 is 11.1 Å². The van der Waals surface area contributed by atoms with Crippen molar-refractivity contribution in [2.45, 2.75) is 26.8 Å². The van der Waals surface area contributed by atoms with E-state index in [0.717, 1.165) is 18.6 Å². The van der Waals surface area contributed by atoms with Gasteiger partial charge in [-0.1, -0.05) is 6.92 Å². The molecule has 19 heavy (non-hydrogen) atoms. The van der Waals surface area contributed by atoms with Crippen molar-refractivity contribution >= 4 is 17.2 Å². The summed E-state index contributed by atoms with van der Waals surface area (Å²) < 4.78 is 27.8. The fourth-order valence-electron chi connectivity index (χ4n) is 1.81. The molecule has 2 rings (SSSR count). The molecule has 0 amide bonds. The highest BCUT2D eigenvalue weighted by Crippen LogP contribution is 2.27. The van der Waals surface area contributed by atoms with Gasteiger partial charge in [-0.05, 0) is 25.5 Å². The largest absolute Gasteiger partial charge is 0.394 e. The van der Waals surface area contributed by atoms with Gasteiger partial charge < -0.3 is 11.1 Å². The average Bonchev–Trinajstić information content (AvgIpc) is 2.62. The summed E-state index contributed by atoms with van der Waals surface area (Å²) in [5, 5.41) is 7.28. The molecule has 0 saturated heterocycles. The predicted octanol–water partition coefficient (Wildman–Crippen LogP) is 3.21. The molecule has 0 unspecified atom stereocenters. The van der Waals surface area contributed by atoms with Gasteiger partial charge in [0.2, 0.25) is 0 Å². The van der Waals surface area contributed by atoms with Gasteiger partial charge >= 0.3 is 0 Å². The number of nitrogens with one attached hydrogen (secondary N) is 1. The third kappa shape index (κ3) is 2.67. The van der Waals surface area contributed by atoms with Crippen LogP contribution in [0.4, 0.5) is 26.0 Å². The molecular formula is C13H16F2N4. The van der Waals surface area contributed by atoms with E-state index in [4.69, 9.17) is 5.73 Å². The molecule has 0 bridgehead atoms. The van der Waals surface area contributed by atoms with E-state index < -0.39 is 11.6 Å². The lowest BCUT2D eigenvalue weighted by atomic mass is 10.3. The number of aryl methyl sites for hydroxylation is 2. The number of rotatable bonds is 4. The highest BCUT2D eigenvalue weighted by Gasteiger charge is 2.13. The number of nitrogen functional groups attached to an aromatic ring is 1. The van der Waals surface area contributed by atoms with Crippen LogP contribution in [0.25, 0.3) is 0 Å². The molecule has 0 aliphatic rings. The standard InChI is InChI=1S/C13H16F2N4/c1-3-6-19-13(12(16)8(2)18-19)17-9-4-5-10(14)11(15)7-9/h4-5,7,17H,3,6,16H2,1-2H3. The molecular weight excluding hydrogens is 250 g/mol.